The van der Waals surface area contributed by atoms with Crippen molar-refractivity contribution in [1.82, 2.24) is 0 Å². The van der Waals surface area contributed by atoms with Crippen LogP contribution in [0.25, 0.3) is 11.1 Å². The predicted octanol–water partition coefficient (Wildman–Crippen LogP) is 3.00. The molecule has 0 aliphatic heterocycles. The zero-order valence-electron chi connectivity index (χ0n) is 23.4. The maximum Gasteiger partial charge on any atom is 0.169 e. The Hall–Kier alpha value is -0.740. The van der Waals surface area contributed by atoms with Crippen molar-refractivity contribution in [3.05, 3.63) is 49.1 Å². The molecule has 0 aromatic carbocycles. The van der Waals surface area contributed by atoms with Gasteiger partial charge < -0.3 is 34.0 Å². The predicted molar refractivity (Wildman–Crippen MR) is 147 cm³/mol. The van der Waals surface area contributed by atoms with E-state index in [1.807, 2.05) is 0 Å². The Morgan fingerprint density at radius 3 is 1.00 bits per heavy atom. The number of rotatable bonds is 21. The molecule has 2 nitrogen and oxygen atoms in total. The van der Waals surface area contributed by atoms with Gasteiger partial charge in [0.25, 0.3) is 0 Å². The van der Waals surface area contributed by atoms with E-state index >= 15 is 0 Å². The number of halogens is 2. The van der Waals surface area contributed by atoms with E-state index in [9.17, 15) is 0 Å². The van der Waals surface area contributed by atoms with E-state index in [0.29, 0.717) is 0 Å². The van der Waals surface area contributed by atoms with Crippen molar-refractivity contribution in [2.75, 3.05) is 0 Å². The summed E-state index contributed by atoms with van der Waals surface area (Å²) in [5.41, 5.74) is 2.62. The molecule has 0 unspecified atom stereocenters. The van der Waals surface area contributed by atoms with E-state index in [1.54, 1.807) is 0 Å². The summed E-state index contributed by atoms with van der Waals surface area (Å²) >= 11 is 0. The number of hydrogen-bond acceptors (Lipinski definition) is 0. The first kappa shape index (κ1) is 35.3. The fourth-order valence-electron chi connectivity index (χ4n) is 4.78. The fourth-order valence-corrected chi connectivity index (χ4v) is 4.78. The Morgan fingerprint density at radius 1 is 0.389 bits per heavy atom. The molecule has 0 N–H and O–H groups in total. The molecule has 0 amide bonds. The van der Waals surface area contributed by atoms with Crippen molar-refractivity contribution in [2.24, 2.45) is 0 Å². The Bertz CT molecular complexity index is 716. The average molecular weight is 627 g/mol. The Kier molecular flexibility index (Phi) is 24.1. The summed E-state index contributed by atoms with van der Waals surface area (Å²) in [7, 11) is 0. The molecule has 0 aliphatic carbocycles. The second kappa shape index (κ2) is 24.6. The summed E-state index contributed by atoms with van der Waals surface area (Å²) in [6.07, 6.45) is 34.3. The van der Waals surface area contributed by atoms with Crippen molar-refractivity contribution >= 4 is 0 Å². The fraction of sp³-hybridized carbons (Fsp3) is 0.688. The molecule has 2 heterocycles. The molecule has 0 saturated heterocycles. The first-order valence-corrected chi connectivity index (χ1v) is 14.8. The molecular weight excluding hydrogens is 572 g/mol. The van der Waals surface area contributed by atoms with Crippen molar-refractivity contribution in [3.8, 4) is 11.1 Å². The summed E-state index contributed by atoms with van der Waals surface area (Å²) in [6.45, 7) is 6.80. The number of nitrogens with zero attached hydrogens (tertiary/aromatic N) is 2. The molecule has 0 bridgehead atoms. The van der Waals surface area contributed by atoms with Crippen LogP contribution in [0, 0.1) is 0 Å². The van der Waals surface area contributed by atoms with Gasteiger partial charge in [-0.2, -0.15) is 0 Å². The largest absolute Gasteiger partial charge is 1.00 e. The second-order valence-electron chi connectivity index (χ2n) is 10.3. The smallest absolute Gasteiger partial charge is 0.169 e. The van der Waals surface area contributed by atoms with Crippen LogP contribution in [0.4, 0.5) is 0 Å². The molecule has 0 atom stereocenters. The van der Waals surface area contributed by atoms with Gasteiger partial charge in [-0.1, -0.05) is 110 Å². The number of pyridine rings is 2. The van der Waals surface area contributed by atoms with Crippen molar-refractivity contribution in [1.29, 1.82) is 0 Å². The first-order chi connectivity index (χ1) is 16.8. The third-order valence-electron chi connectivity index (χ3n) is 7.16. The minimum atomic E-state index is 0. The van der Waals surface area contributed by atoms with Gasteiger partial charge in [0.2, 0.25) is 0 Å². The van der Waals surface area contributed by atoms with Crippen LogP contribution < -0.4 is 43.1 Å². The van der Waals surface area contributed by atoms with E-state index in [-0.39, 0.29) is 34.0 Å². The number of aryl methyl sites for hydroxylation is 2. The molecule has 2 aromatic rings. The minimum Gasteiger partial charge on any atom is -1.00 e. The van der Waals surface area contributed by atoms with Gasteiger partial charge in [-0.3, -0.25) is 0 Å². The zero-order valence-corrected chi connectivity index (χ0v) is 26.6. The molecule has 2 aromatic heterocycles. The Labute approximate surface area is 244 Å². The highest BCUT2D eigenvalue weighted by molar-refractivity contribution is 5.60. The maximum absolute atomic E-state index is 2.34. The topological polar surface area (TPSA) is 7.76 Å². The lowest BCUT2D eigenvalue weighted by Crippen LogP contribution is -3.00. The van der Waals surface area contributed by atoms with Crippen molar-refractivity contribution < 1.29 is 43.1 Å². The number of unbranched alkanes of at least 4 members (excludes halogenated alkanes) is 16. The molecule has 36 heavy (non-hydrogen) atoms. The van der Waals surface area contributed by atoms with E-state index in [0.717, 1.165) is 13.1 Å². The van der Waals surface area contributed by atoms with Gasteiger partial charge in [-0.15, -0.1) is 0 Å². The zero-order chi connectivity index (χ0) is 24.1. The lowest BCUT2D eigenvalue weighted by atomic mass is 10.0. The van der Waals surface area contributed by atoms with Crippen molar-refractivity contribution in [2.45, 2.75) is 143 Å². The third-order valence-corrected chi connectivity index (χ3v) is 7.16. The van der Waals surface area contributed by atoms with Gasteiger partial charge in [-0.05, 0) is 17.5 Å². The van der Waals surface area contributed by atoms with E-state index in [4.69, 9.17) is 0 Å². The van der Waals surface area contributed by atoms with Gasteiger partial charge in [-0.25, -0.2) is 9.13 Å². The standard InChI is InChI=1S/C32H54N2.2BrH/c1-3-5-7-8-9-10-11-12-13-14-15-16-17-18-19-20-26-34-29-23-32(24-30-34)31-21-27-33(28-22-31)25-6-4-2;;/h21-24,27-30H,3-20,25-26H2,1-2H3;2*1H/q+2;;/p-2. The molecule has 206 valence electrons. The highest BCUT2D eigenvalue weighted by Crippen LogP contribution is 2.16. The molecule has 0 fully saturated rings. The van der Waals surface area contributed by atoms with Crippen LogP contribution in [-0.2, 0) is 13.1 Å². The monoisotopic (exact) mass is 624 g/mol. The Morgan fingerprint density at radius 2 is 0.667 bits per heavy atom. The molecule has 2 rings (SSSR count). The molecule has 4 heteroatoms. The summed E-state index contributed by atoms with van der Waals surface area (Å²) in [4.78, 5) is 0. The normalized spacial score (nSPS) is 10.6. The second-order valence-corrected chi connectivity index (χ2v) is 10.3. The van der Waals surface area contributed by atoms with Crippen LogP contribution in [0.3, 0.4) is 0 Å². The van der Waals surface area contributed by atoms with Crippen LogP contribution >= 0.6 is 0 Å². The Balaban J connectivity index is 0.00000612. The lowest BCUT2D eigenvalue weighted by Gasteiger charge is -2.03. The van der Waals surface area contributed by atoms with Gasteiger partial charge in [0.1, 0.15) is 13.1 Å². The first-order valence-electron chi connectivity index (χ1n) is 14.8. The van der Waals surface area contributed by atoms with Gasteiger partial charge in [0.05, 0.1) is 0 Å². The third kappa shape index (κ3) is 16.9. The highest BCUT2D eigenvalue weighted by Gasteiger charge is 2.06. The number of hydrogen-bond donors (Lipinski definition) is 0. The summed E-state index contributed by atoms with van der Waals surface area (Å²) in [5, 5.41) is 0. The van der Waals surface area contributed by atoms with E-state index in [1.165, 1.54) is 127 Å². The minimum absolute atomic E-state index is 0. The maximum atomic E-state index is 2.34. The van der Waals surface area contributed by atoms with Crippen LogP contribution in [0.15, 0.2) is 49.1 Å². The molecule has 0 aliphatic rings. The van der Waals surface area contributed by atoms with E-state index < -0.39 is 0 Å². The summed E-state index contributed by atoms with van der Waals surface area (Å²) in [6, 6.07) is 9.01. The molecule has 0 spiro atoms. The molecule has 0 radical (unpaired) electrons. The van der Waals surface area contributed by atoms with Crippen LogP contribution in [0.5, 0.6) is 0 Å². The molecular formula is C32H54Br2N2. The van der Waals surface area contributed by atoms with Crippen LogP contribution in [0.2, 0.25) is 0 Å². The number of aromatic nitrogens is 2. The summed E-state index contributed by atoms with van der Waals surface area (Å²) in [5.74, 6) is 0. The van der Waals surface area contributed by atoms with Gasteiger partial charge >= 0.3 is 0 Å². The quantitative estimate of drug-likeness (QED) is 0.149. The van der Waals surface area contributed by atoms with E-state index in [2.05, 4.69) is 72.0 Å². The average Bonchev–Trinajstić information content (AvgIpc) is 2.88. The lowest BCUT2D eigenvalue weighted by molar-refractivity contribution is -0.697. The van der Waals surface area contributed by atoms with Crippen LogP contribution in [-0.4, -0.2) is 0 Å². The molecule has 0 saturated carbocycles. The highest BCUT2D eigenvalue weighted by atomic mass is 79.9. The summed E-state index contributed by atoms with van der Waals surface area (Å²) < 4.78 is 4.63. The SMILES string of the molecule is CCCCCCCCCCCCCCCCCC[n+]1ccc(-c2cc[n+](CCCC)cc2)cc1.[Br-].[Br-]. The van der Waals surface area contributed by atoms with Gasteiger partial charge in [0, 0.05) is 37.1 Å². The van der Waals surface area contributed by atoms with Crippen LogP contribution in [0.1, 0.15) is 129 Å². The van der Waals surface area contributed by atoms with Gasteiger partial charge in [0.15, 0.2) is 24.8 Å². The van der Waals surface area contributed by atoms with Crippen molar-refractivity contribution in [3.63, 3.8) is 0 Å².